The molecule has 106 valence electrons. The van der Waals surface area contributed by atoms with Gasteiger partial charge in [-0.25, -0.2) is 0 Å². The van der Waals surface area contributed by atoms with Crippen LogP contribution in [-0.2, 0) is 0 Å². The topological polar surface area (TPSA) is 61.8 Å². The molecule has 2 N–H and O–H groups in total. The molecule has 1 aromatic carbocycles. The summed E-state index contributed by atoms with van der Waals surface area (Å²) in [6.07, 6.45) is 0. The number of nitrogens with one attached hydrogen (secondary N) is 1. The summed E-state index contributed by atoms with van der Waals surface area (Å²) in [5, 5.41) is 11.6. The summed E-state index contributed by atoms with van der Waals surface area (Å²) in [6.45, 7) is 3.84. The summed E-state index contributed by atoms with van der Waals surface area (Å²) < 4.78 is 5.21. The Morgan fingerprint density at radius 1 is 1.42 bits per heavy atom. The first kappa shape index (κ1) is 15.5. The number of hydrogen-bond acceptors (Lipinski definition) is 4. The number of amides is 1. The minimum absolute atomic E-state index is 0.121. The summed E-state index contributed by atoms with van der Waals surface area (Å²) in [6, 6.07) is 5.52. The van der Waals surface area contributed by atoms with Crippen molar-refractivity contribution in [3.05, 3.63) is 29.3 Å². The number of aliphatic hydroxyl groups is 1. The Balaban J connectivity index is 2.59. The normalized spacial score (nSPS) is 10.6. The molecule has 0 aliphatic carbocycles. The van der Waals surface area contributed by atoms with Gasteiger partial charge in [0, 0.05) is 19.6 Å². The zero-order valence-corrected chi connectivity index (χ0v) is 11.8. The predicted molar refractivity (Wildman–Crippen MR) is 74.6 cm³/mol. The predicted octanol–water partition coefficient (Wildman–Crippen LogP) is 0.658. The van der Waals surface area contributed by atoms with Crippen molar-refractivity contribution < 1.29 is 14.6 Å². The van der Waals surface area contributed by atoms with Gasteiger partial charge < -0.3 is 20.1 Å². The van der Waals surface area contributed by atoms with Crippen molar-refractivity contribution in [2.24, 2.45) is 0 Å². The van der Waals surface area contributed by atoms with Gasteiger partial charge in [-0.3, -0.25) is 4.79 Å². The van der Waals surface area contributed by atoms with E-state index in [9.17, 15) is 4.79 Å². The van der Waals surface area contributed by atoms with Crippen molar-refractivity contribution in [1.29, 1.82) is 0 Å². The van der Waals surface area contributed by atoms with E-state index in [4.69, 9.17) is 9.84 Å². The Kier molecular flexibility index (Phi) is 6.32. The maximum atomic E-state index is 12.1. The molecule has 19 heavy (non-hydrogen) atoms. The lowest BCUT2D eigenvalue weighted by atomic mass is 10.1. The lowest BCUT2D eigenvalue weighted by Gasteiger charge is -2.16. The molecular formula is C14H22N2O3. The molecular weight excluding hydrogens is 244 g/mol. The Labute approximate surface area is 114 Å². The van der Waals surface area contributed by atoms with Crippen molar-refractivity contribution >= 4 is 5.91 Å². The average molecular weight is 266 g/mol. The third-order valence-corrected chi connectivity index (χ3v) is 2.94. The molecule has 1 amide bonds. The summed E-state index contributed by atoms with van der Waals surface area (Å²) in [7, 11) is 3.46. The molecule has 1 rings (SSSR count). The smallest absolute Gasteiger partial charge is 0.255 e. The summed E-state index contributed by atoms with van der Waals surface area (Å²) in [4.78, 5) is 14.1. The first-order valence-electron chi connectivity index (χ1n) is 6.31. The molecule has 0 aromatic heterocycles. The standard InChI is InChI=1S/C14H22N2O3/c1-11-5-4-6-12(19-3)13(11)14(18)15-7-8-16(2)9-10-17/h4-6,17H,7-10H2,1-3H3,(H,15,18). The fraction of sp³-hybridized carbons (Fsp3) is 0.500. The molecule has 0 heterocycles. The minimum atomic E-state index is -0.132. The van der Waals surface area contributed by atoms with Gasteiger partial charge in [0.2, 0.25) is 0 Å². The van der Waals surface area contributed by atoms with Crippen LogP contribution in [0.15, 0.2) is 18.2 Å². The van der Waals surface area contributed by atoms with Gasteiger partial charge in [-0.2, -0.15) is 0 Å². The quantitative estimate of drug-likeness (QED) is 0.761. The second-order valence-corrected chi connectivity index (χ2v) is 4.43. The maximum absolute atomic E-state index is 12.1. The highest BCUT2D eigenvalue weighted by atomic mass is 16.5. The molecule has 0 spiro atoms. The molecule has 5 nitrogen and oxygen atoms in total. The monoisotopic (exact) mass is 266 g/mol. The first-order valence-corrected chi connectivity index (χ1v) is 6.31. The molecule has 0 aliphatic rings. The third kappa shape index (κ3) is 4.54. The van der Waals surface area contributed by atoms with Gasteiger partial charge in [0.25, 0.3) is 5.91 Å². The number of rotatable bonds is 7. The Morgan fingerprint density at radius 3 is 2.79 bits per heavy atom. The van der Waals surface area contributed by atoms with E-state index in [0.717, 1.165) is 5.56 Å². The molecule has 0 saturated carbocycles. The molecule has 5 heteroatoms. The van der Waals surface area contributed by atoms with Crippen LogP contribution in [0, 0.1) is 6.92 Å². The second kappa shape index (κ2) is 7.76. The van der Waals surface area contributed by atoms with Crippen LogP contribution in [0.1, 0.15) is 15.9 Å². The van der Waals surface area contributed by atoms with E-state index in [1.807, 2.05) is 31.0 Å². The third-order valence-electron chi connectivity index (χ3n) is 2.94. The van der Waals surface area contributed by atoms with Crippen LogP contribution < -0.4 is 10.1 Å². The van der Waals surface area contributed by atoms with Crippen LogP contribution >= 0.6 is 0 Å². The summed E-state index contributed by atoms with van der Waals surface area (Å²) in [5.41, 5.74) is 1.47. The van der Waals surface area contributed by atoms with E-state index >= 15 is 0 Å². The molecule has 0 bridgehead atoms. The number of nitrogens with zero attached hydrogens (tertiary/aromatic N) is 1. The number of carbonyl (C=O) groups excluding carboxylic acids is 1. The molecule has 0 atom stereocenters. The molecule has 0 radical (unpaired) electrons. The van der Waals surface area contributed by atoms with Gasteiger partial charge in [-0.05, 0) is 25.6 Å². The average Bonchev–Trinajstić information content (AvgIpc) is 2.38. The van der Waals surface area contributed by atoms with E-state index in [1.54, 1.807) is 13.2 Å². The van der Waals surface area contributed by atoms with E-state index in [-0.39, 0.29) is 12.5 Å². The van der Waals surface area contributed by atoms with E-state index in [2.05, 4.69) is 5.32 Å². The number of carbonyl (C=O) groups is 1. The van der Waals surface area contributed by atoms with Gasteiger partial charge in [0.15, 0.2) is 0 Å². The van der Waals surface area contributed by atoms with Crippen LogP contribution in [0.2, 0.25) is 0 Å². The number of ether oxygens (including phenoxy) is 1. The molecule has 0 fully saturated rings. The van der Waals surface area contributed by atoms with Crippen LogP contribution in [0.25, 0.3) is 0 Å². The molecule has 0 saturated heterocycles. The van der Waals surface area contributed by atoms with Crippen molar-refractivity contribution in [3.8, 4) is 5.75 Å². The first-order chi connectivity index (χ1) is 9.10. The van der Waals surface area contributed by atoms with Crippen LogP contribution in [-0.4, -0.2) is 56.3 Å². The van der Waals surface area contributed by atoms with Crippen LogP contribution in [0.4, 0.5) is 0 Å². The number of methoxy groups -OCH3 is 1. The fourth-order valence-corrected chi connectivity index (χ4v) is 1.83. The number of likely N-dealkylation sites (N-methyl/N-ethyl adjacent to an activating group) is 1. The van der Waals surface area contributed by atoms with Gasteiger partial charge in [-0.15, -0.1) is 0 Å². The van der Waals surface area contributed by atoms with Gasteiger partial charge in [0.05, 0.1) is 19.3 Å². The Bertz CT molecular complexity index is 421. The highest BCUT2D eigenvalue weighted by molar-refractivity contribution is 5.98. The number of aliphatic hydroxyl groups excluding tert-OH is 1. The zero-order valence-electron chi connectivity index (χ0n) is 11.8. The minimum Gasteiger partial charge on any atom is -0.496 e. The lowest BCUT2D eigenvalue weighted by molar-refractivity contribution is 0.0945. The number of benzene rings is 1. The van der Waals surface area contributed by atoms with Gasteiger partial charge in [0.1, 0.15) is 5.75 Å². The zero-order chi connectivity index (χ0) is 14.3. The lowest BCUT2D eigenvalue weighted by Crippen LogP contribution is -2.34. The van der Waals surface area contributed by atoms with Crippen molar-refractivity contribution in [2.75, 3.05) is 40.4 Å². The van der Waals surface area contributed by atoms with Gasteiger partial charge in [-0.1, -0.05) is 12.1 Å². The molecule has 0 aliphatic heterocycles. The fourth-order valence-electron chi connectivity index (χ4n) is 1.83. The van der Waals surface area contributed by atoms with E-state index in [0.29, 0.717) is 30.9 Å². The number of aryl methyl sites for hydroxylation is 1. The van der Waals surface area contributed by atoms with Crippen molar-refractivity contribution in [2.45, 2.75) is 6.92 Å². The van der Waals surface area contributed by atoms with Crippen LogP contribution in [0.3, 0.4) is 0 Å². The highest BCUT2D eigenvalue weighted by Gasteiger charge is 2.14. The SMILES string of the molecule is COc1cccc(C)c1C(=O)NCCN(C)CCO. The van der Waals surface area contributed by atoms with Crippen molar-refractivity contribution in [3.63, 3.8) is 0 Å². The van der Waals surface area contributed by atoms with E-state index in [1.165, 1.54) is 0 Å². The summed E-state index contributed by atoms with van der Waals surface area (Å²) in [5.74, 6) is 0.452. The highest BCUT2D eigenvalue weighted by Crippen LogP contribution is 2.21. The molecule has 0 unspecified atom stereocenters. The van der Waals surface area contributed by atoms with Crippen LogP contribution in [0.5, 0.6) is 5.75 Å². The second-order valence-electron chi connectivity index (χ2n) is 4.43. The maximum Gasteiger partial charge on any atom is 0.255 e. The Hall–Kier alpha value is -1.59. The largest absolute Gasteiger partial charge is 0.496 e. The number of hydrogen-bond donors (Lipinski definition) is 2. The summed E-state index contributed by atoms with van der Waals surface area (Å²) >= 11 is 0. The van der Waals surface area contributed by atoms with E-state index < -0.39 is 0 Å². The van der Waals surface area contributed by atoms with Crippen molar-refractivity contribution in [1.82, 2.24) is 10.2 Å². The molecule has 1 aromatic rings. The Morgan fingerprint density at radius 2 is 2.16 bits per heavy atom. The van der Waals surface area contributed by atoms with Gasteiger partial charge >= 0.3 is 0 Å².